The number of aromatic hydroxyl groups is 3. The van der Waals surface area contributed by atoms with Crippen LogP contribution in [0.2, 0.25) is 0 Å². The van der Waals surface area contributed by atoms with Crippen molar-refractivity contribution < 1.29 is 99.3 Å². The second kappa shape index (κ2) is 19.0. The summed E-state index contributed by atoms with van der Waals surface area (Å²) in [5.41, 5.74) is -6.48. The number of hydrogen-bond donors (Lipinski definition) is 16. The number of H-pyrrole nitrogens is 1. The lowest BCUT2D eigenvalue weighted by Gasteiger charge is -2.55. The molecule has 6 aliphatic rings. The highest BCUT2D eigenvalue weighted by Crippen LogP contribution is 2.55. The summed E-state index contributed by atoms with van der Waals surface area (Å²) in [7, 11) is 0. The number of aliphatic hydroxyl groups is 9. The van der Waals surface area contributed by atoms with Crippen LogP contribution in [0.5, 0.6) is 23.0 Å². The number of phenols is 3. The number of dihydropyridines is 1. The second-order valence-electron chi connectivity index (χ2n) is 19.9. The minimum atomic E-state index is -3.95. The van der Waals surface area contributed by atoms with Gasteiger partial charge in [-0.3, -0.25) is 10.1 Å². The van der Waals surface area contributed by atoms with Crippen molar-refractivity contribution in [3.05, 3.63) is 105 Å². The summed E-state index contributed by atoms with van der Waals surface area (Å²) in [6, 6.07) is 7.88. The van der Waals surface area contributed by atoms with Gasteiger partial charge in [0.15, 0.2) is 29.1 Å². The molecule has 76 heavy (non-hydrogen) atoms. The predicted octanol–water partition coefficient (Wildman–Crippen LogP) is -1.32. The summed E-state index contributed by atoms with van der Waals surface area (Å²) >= 11 is 0. The van der Waals surface area contributed by atoms with Crippen molar-refractivity contribution in [2.75, 3.05) is 19.8 Å². The second-order valence-corrected chi connectivity index (χ2v) is 19.9. The Labute approximate surface area is 430 Å². The molecule has 2 bridgehead atoms. The van der Waals surface area contributed by atoms with Gasteiger partial charge in [-0.05, 0) is 73.1 Å². The molecule has 6 aliphatic heterocycles. The van der Waals surface area contributed by atoms with Crippen molar-refractivity contribution in [3.63, 3.8) is 0 Å². The third-order valence-corrected chi connectivity index (χ3v) is 15.3. The third-order valence-electron chi connectivity index (χ3n) is 15.3. The van der Waals surface area contributed by atoms with Crippen LogP contribution in [0.1, 0.15) is 55.3 Å². The molecule has 2 aromatic heterocycles. The fourth-order valence-electron chi connectivity index (χ4n) is 11.1. The Morgan fingerprint density at radius 2 is 1.70 bits per heavy atom. The van der Waals surface area contributed by atoms with Crippen molar-refractivity contribution in [3.8, 4) is 46.2 Å². The normalized spacial score (nSPS) is 33.6. The summed E-state index contributed by atoms with van der Waals surface area (Å²) in [6.07, 6.45) is -9.28. The molecule has 24 nitrogen and oxygen atoms in total. The van der Waals surface area contributed by atoms with Crippen LogP contribution in [0.3, 0.4) is 0 Å². The molecule has 24 heteroatoms. The van der Waals surface area contributed by atoms with E-state index in [4.69, 9.17) is 23.4 Å². The number of esters is 1. The quantitative estimate of drug-likeness (QED) is 0.0288. The number of fused-ring (bicyclic) bond motifs is 5. The van der Waals surface area contributed by atoms with E-state index in [9.17, 15) is 76.0 Å². The van der Waals surface area contributed by atoms with Crippen LogP contribution in [0.4, 0.5) is 0 Å². The SMILES string of the molecule is C[C@H]1CCNC2NC=C([C@@H]3C=C(Cc4ccc[nH]4)[C@]4(Oc5cc6oc(-c7cc(O)c(O)c(CCO)c7)cc(=O)c6c(O)c53)O[C@@]3(CC#C[C@]5(C(=O)O)O[C@](CCCO)(OC3=O)[C@H](O)[C@@H](O)C5(O)O)[C@@H](O)[C@H](O)[C@H]4O)C=C21. The Hall–Kier alpha value is -6.83. The van der Waals surface area contributed by atoms with E-state index < -0.39 is 143 Å². The fraction of sp³-hybridized carbons (Fsp3) is 0.442. The molecule has 3 fully saturated rings. The first-order chi connectivity index (χ1) is 36.1. The molecule has 0 aliphatic carbocycles. The van der Waals surface area contributed by atoms with E-state index in [2.05, 4.69) is 21.5 Å². The molecule has 0 radical (unpaired) electrons. The highest BCUT2D eigenvalue weighted by Gasteiger charge is 2.75. The Morgan fingerprint density at radius 1 is 0.921 bits per heavy atom. The number of piperidine rings is 1. The number of aliphatic carboxylic acids is 1. The van der Waals surface area contributed by atoms with E-state index in [1.54, 1.807) is 24.5 Å². The Balaban J connectivity index is 1.24. The van der Waals surface area contributed by atoms with Gasteiger partial charge in [0.2, 0.25) is 17.2 Å². The van der Waals surface area contributed by atoms with Crippen LogP contribution in [0.25, 0.3) is 22.3 Å². The van der Waals surface area contributed by atoms with E-state index in [0.717, 1.165) is 30.2 Å². The van der Waals surface area contributed by atoms with Gasteiger partial charge < -0.3 is 100 Å². The molecular weight excluding hydrogens is 1000 g/mol. The van der Waals surface area contributed by atoms with Crippen molar-refractivity contribution in [1.29, 1.82) is 0 Å². The van der Waals surface area contributed by atoms with Crippen molar-refractivity contribution >= 4 is 22.9 Å². The minimum absolute atomic E-state index is 0.0203. The van der Waals surface area contributed by atoms with Gasteiger partial charge in [0.1, 0.15) is 46.5 Å². The van der Waals surface area contributed by atoms with E-state index in [1.165, 1.54) is 12.1 Å². The number of rotatable bonds is 10. The Bertz CT molecular complexity index is 3230. The van der Waals surface area contributed by atoms with Gasteiger partial charge in [-0.1, -0.05) is 25.0 Å². The monoisotopic (exact) mass is 1060 g/mol. The molecule has 12 atom stereocenters. The number of ether oxygens (including phenoxy) is 4. The molecular formula is C52H55N3O21. The topological polar surface area (TPSA) is 404 Å². The van der Waals surface area contributed by atoms with E-state index in [-0.39, 0.29) is 58.5 Å². The zero-order valence-electron chi connectivity index (χ0n) is 40.3. The van der Waals surface area contributed by atoms with Gasteiger partial charge >= 0.3 is 11.9 Å². The smallest absolute Gasteiger partial charge is 0.354 e. The first-order valence-corrected chi connectivity index (χ1v) is 24.3. The van der Waals surface area contributed by atoms with Gasteiger partial charge in [0.05, 0.1) is 12.6 Å². The summed E-state index contributed by atoms with van der Waals surface area (Å²) in [5, 5.41) is 153. The number of carboxylic acid groups (broad SMARTS) is 1. The van der Waals surface area contributed by atoms with Crippen LogP contribution < -0.4 is 20.8 Å². The first kappa shape index (κ1) is 52.6. The zero-order valence-corrected chi connectivity index (χ0v) is 40.3. The summed E-state index contributed by atoms with van der Waals surface area (Å²) < 4.78 is 31.3. The van der Waals surface area contributed by atoms with Gasteiger partial charge in [0.25, 0.3) is 11.4 Å². The summed E-state index contributed by atoms with van der Waals surface area (Å²) in [5.74, 6) is -13.6. The number of carboxylic acids is 1. The molecule has 16 N–H and O–H groups in total. The number of benzene rings is 2. The largest absolute Gasteiger partial charge is 0.507 e. The van der Waals surface area contributed by atoms with Gasteiger partial charge in [-0.2, -0.15) is 0 Å². The summed E-state index contributed by atoms with van der Waals surface area (Å²) in [6.45, 7) is 1.54. The molecule has 2 aromatic carbocycles. The minimum Gasteiger partial charge on any atom is -0.507 e. The number of aromatic nitrogens is 1. The van der Waals surface area contributed by atoms with Gasteiger partial charge in [-0.25, -0.2) is 9.59 Å². The average Bonchev–Trinajstić information content (AvgIpc) is 4.07. The average molecular weight is 1060 g/mol. The maximum Gasteiger partial charge on any atom is 0.354 e. The van der Waals surface area contributed by atoms with Gasteiger partial charge in [0, 0.05) is 84.5 Å². The third kappa shape index (κ3) is 7.96. The molecule has 404 valence electrons. The van der Waals surface area contributed by atoms with Gasteiger partial charge in [-0.15, -0.1) is 0 Å². The Kier molecular flexibility index (Phi) is 13.2. The lowest BCUT2D eigenvalue weighted by Crippen LogP contribution is -2.79. The highest BCUT2D eigenvalue weighted by molar-refractivity contribution is 5.90. The van der Waals surface area contributed by atoms with Crippen LogP contribution in [-0.4, -0.2) is 168 Å². The van der Waals surface area contributed by atoms with Crippen LogP contribution in [0, 0.1) is 17.8 Å². The maximum atomic E-state index is 15.3. The molecule has 0 saturated carbocycles. The number of allylic oxidation sites excluding steroid dienone is 3. The van der Waals surface area contributed by atoms with Crippen molar-refractivity contribution in [2.24, 2.45) is 5.92 Å². The molecule has 1 unspecified atom stereocenters. The molecule has 2 spiro atoms. The van der Waals surface area contributed by atoms with E-state index in [0.29, 0.717) is 17.8 Å². The summed E-state index contributed by atoms with van der Waals surface area (Å²) in [4.78, 5) is 45.8. The van der Waals surface area contributed by atoms with Crippen LogP contribution in [-0.2, 0) is 36.6 Å². The molecule has 3 saturated heterocycles. The van der Waals surface area contributed by atoms with E-state index in [1.807, 2.05) is 18.9 Å². The lowest BCUT2D eigenvalue weighted by atomic mass is 9.77. The number of aliphatic hydroxyl groups excluding tert-OH is 7. The molecule has 8 heterocycles. The van der Waals surface area contributed by atoms with Crippen molar-refractivity contribution in [2.45, 2.75) is 117 Å². The van der Waals surface area contributed by atoms with E-state index >= 15 is 4.79 Å². The number of hydrogen-bond acceptors (Lipinski definition) is 22. The number of nitrogens with one attached hydrogen (secondary N) is 3. The Morgan fingerprint density at radius 3 is 2.41 bits per heavy atom. The number of aromatic amines is 1. The standard InChI is InChI=1S/C52H55N3O21/c1-23-6-12-54-45-29(23)16-26(22-55-45)30-19-27(18-28-5-2-11-53-28)51(73-35-21-34-37(39(61)36(30)35)31(58)20-33(72-34)25-15-24(7-14-57)38(60)32(59)17-25)42(64)40(62)41(63)48(75-51)8-3-9-49(46(67)68)52(70,71)44(66)43(65)50(76-49,10-4-13-56)74-47(48)69/h2,5,11,15-17,19-23,30,40-45,53-57,59-66,70-71H,4,6-8,10,12-14,18H2,1H3,(H,67,68)/t23-,30-,40-,41-,42+,43+,44+,45?,48-,49+,50-,51-/m0/s1. The fourth-order valence-corrected chi connectivity index (χ4v) is 11.1. The molecule has 10 rings (SSSR count). The number of phenolic OH excluding ortho intramolecular Hbond substituents is 3. The molecule has 0 amide bonds. The first-order valence-electron chi connectivity index (χ1n) is 24.3. The van der Waals surface area contributed by atoms with Crippen LogP contribution >= 0.6 is 0 Å². The van der Waals surface area contributed by atoms with Crippen molar-refractivity contribution in [1.82, 2.24) is 15.6 Å². The lowest BCUT2D eigenvalue weighted by molar-refractivity contribution is -0.430. The highest BCUT2D eigenvalue weighted by atomic mass is 16.8. The van der Waals surface area contributed by atoms with Crippen LogP contribution in [0.15, 0.2) is 86.9 Å². The number of carbonyl (C=O) groups excluding carboxylic acids is 1. The zero-order chi connectivity index (χ0) is 54.4. The number of carbonyl (C=O) groups is 2. The predicted molar refractivity (Wildman–Crippen MR) is 257 cm³/mol. The molecule has 4 aromatic rings. The maximum absolute atomic E-state index is 15.3.